The molecule has 0 amide bonds. The van der Waals surface area contributed by atoms with Gasteiger partial charge in [-0.2, -0.15) is 0 Å². The van der Waals surface area contributed by atoms with Crippen LogP contribution in [0, 0.1) is 0 Å². The summed E-state index contributed by atoms with van der Waals surface area (Å²) in [5, 5.41) is 0. The van der Waals surface area contributed by atoms with Crippen LogP contribution >= 0.6 is 0 Å². The lowest BCUT2D eigenvalue weighted by Gasteiger charge is -2.29. The average Bonchev–Trinajstić information content (AvgIpc) is 3.12. The van der Waals surface area contributed by atoms with E-state index in [1.807, 2.05) is 10.6 Å². The molecule has 142 valence electrons. The average molecular weight is 369 g/mol. The number of imidazole rings is 1. The number of benzene rings is 1. The number of ether oxygens (including phenoxy) is 1. The van der Waals surface area contributed by atoms with Gasteiger partial charge in [-0.1, -0.05) is 6.07 Å². The Morgan fingerprint density at radius 2 is 1.93 bits per heavy atom. The van der Waals surface area contributed by atoms with Crippen LogP contribution in [0.3, 0.4) is 0 Å². The molecule has 1 aliphatic heterocycles. The zero-order valence-corrected chi connectivity index (χ0v) is 15.8. The van der Waals surface area contributed by atoms with Crippen LogP contribution in [-0.4, -0.2) is 43.8 Å². The quantitative estimate of drug-likeness (QED) is 0.670. The van der Waals surface area contributed by atoms with Gasteiger partial charge in [-0.3, -0.25) is 18.8 Å². The van der Waals surface area contributed by atoms with E-state index >= 15 is 0 Å². The summed E-state index contributed by atoms with van der Waals surface area (Å²) in [6.45, 7) is 3.27. The number of aryl methyl sites for hydroxylation is 1. The molecule has 1 aromatic carbocycles. The zero-order valence-electron chi connectivity index (χ0n) is 15.8. The molecule has 3 aromatic rings. The van der Waals surface area contributed by atoms with Crippen LogP contribution in [0.5, 0.6) is 5.75 Å². The third-order valence-corrected chi connectivity index (χ3v) is 5.38. The SMILES string of the molecule is COc1ccc2c(c1)CN(CCn1cnc3c1c(=O)n(C)c(=O)n3C)CC2. The number of hydrogen-bond acceptors (Lipinski definition) is 5. The second kappa shape index (κ2) is 6.70. The second-order valence-electron chi connectivity index (χ2n) is 6.98. The van der Waals surface area contributed by atoms with Crippen molar-refractivity contribution in [3.8, 4) is 5.75 Å². The largest absolute Gasteiger partial charge is 0.497 e. The molecule has 27 heavy (non-hydrogen) atoms. The lowest BCUT2D eigenvalue weighted by Crippen LogP contribution is -2.38. The zero-order chi connectivity index (χ0) is 19.1. The summed E-state index contributed by atoms with van der Waals surface area (Å²) in [5.41, 5.74) is 2.88. The van der Waals surface area contributed by atoms with E-state index in [2.05, 4.69) is 22.0 Å². The van der Waals surface area contributed by atoms with Gasteiger partial charge in [0.1, 0.15) is 5.75 Å². The van der Waals surface area contributed by atoms with E-state index in [4.69, 9.17) is 4.74 Å². The maximum absolute atomic E-state index is 12.5. The Morgan fingerprint density at radius 3 is 2.70 bits per heavy atom. The molecular formula is C19H23N5O3. The fraction of sp³-hybridized carbons (Fsp3) is 0.421. The van der Waals surface area contributed by atoms with E-state index in [0.717, 1.165) is 36.4 Å². The molecule has 0 fully saturated rings. The van der Waals surface area contributed by atoms with Crippen LogP contribution in [0.1, 0.15) is 11.1 Å². The molecule has 8 nitrogen and oxygen atoms in total. The van der Waals surface area contributed by atoms with Crippen molar-refractivity contribution in [3.05, 3.63) is 56.5 Å². The van der Waals surface area contributed by atoms with Crippen molar-refractivity contribution in [2.75, 3.05) is 20.2 Å². The van der Waals surface area contributed by atoms with Gasteiger partial charge in [0.25, 0.3) is 5.56 Å². The Labute approximate surface area is 156 Å². The van der Waals surface area contributed by atoms with Gasteiger partial charge in [0.15, 0.2) is 11.2 Å². The number of nitrogens with zero attached hydrogens (tertiary/aromatic N) is 5. The first kappa shape index (κ1) is 17.5. The van der Waals surface area contributed by atoms with E-state index in [0.29, 0.717) is 17.7 Å². The van der Waals surface area contributed by atoms with Gasteiger partial charge in [0.05, 0.1) is 13.4 Å². The van der Waals surface area contributed by atoms with Crippen LogP contribution in [0.25, 0.3) is 11.2 Å². The summed E-state index contributed by atoms with van der Waals surface area (Å²) >= 11 is 0. The number of hydrogen-bond donors (Lipinski definition) is 0. The van der Waals surface area contributed by atoms with Gasteiger partial charge < -0.3 is 9.30 Å². The predicted octanol–water partition coefficient (Wildman–Crippen LogP) is 0.501. The van der Waals surface area contributed by atoms with Crippen LogP contribution in [0.2, 0.25) is 0 Å². The van der Waals surface area contributed by atoms with Crippen molar-refractivity contribution < 1.29 is 4.74 Å². The minimum atomic E-state index is -0.362. The second-order valence-corrected chi connectivity index (χ2v) is 6.98. The summed E-state index contributed by atoms with van der Waals surface area (Å²) in [5.74, 6) is 0.876. The normalized spacial score (nSPS) is 14.5. The van der Waals surface area contributed by atoms with Gasteiger partial charge in [-0.25, -0.2) is 9.78 Å². The van der Waals surface area contributed by atoms with Crippen molar-refractivity contribution in [2.45, 2.75) is 19.5 Å². The molecule has 0 bridgehead atoms. The Balaban J connectivity index is 1.56. The third-order valence-electron chi connectivity index (χ3n) is 5.38. The maximum atomic E-state index is 12.5. The molecular weight excluding hydrogens is 346 g/mol. The standard InChI is InChI=1S/C19H23N5O3/c1-21-17-16(18(25)22(2)19(21)26)24(12-20-17)9-8-23-7-6-13-4-5-15(27-3)10-14(13)11-23/h4-5,10,12H,6-9,11H2,1-3H3. The van der Waals surface area contributed by atoms with Crippen LogP contribution < -0.4 is 16.0 Å². The minimum absolute atomic E-state index is 0.306. The van der Waals surface area contributed by atoms with Gasteiger partial charge in [0.2, 0.25) is 0 Å². The van der Waals surface area contributed by atoms with Gasteiger partial charge in [-0.15, -0.1) is 0 Å². The molecule has 0 N–H and O–H groups in total. The molecule has 4 rings (SSSR count). The molecule has 0 radical (unpaired) electrons. The van der Waals surface area contributed by atoms with Crippen LogP contribution in [0.4, 0.5) is 0 Å². The maximum Gasteiger partial charge on any atom is 0.332 e. The van der Waals surface area contributed by atoms with Crippen molar-refractivity contribution in [3.63, 3.8) is 0 Å². The first-order chi connectivity index (χ1) is 13.0. The third kappa shape index (κ3) is 2.95. The van der Waals surface area contributed by atoms with Crippen molar-refractivity contribution >= 4 is 11.2 Å². The van der Waals surface area contributed by atoms with Crippen molar-refractivity contribution in [1.29, 1.82) is 0 Å². The summed E-state index contributed by atoms with van der Waals surface area (Å²) in [6, 6.07) is 6.24. The van der Waals surface area contributed by atoms with E-state index in [1.54, 1.807) is 20.5 Å². The monoisotopic (exact) mass is 369 g/mol. The van der Waals surface area contributed by atoms with Crippen LogP contribution in [-0.2, 0) is 33.6 Å². The number of methoxy groups -OCH3 is 1. The highest BCUT2D eigenvalue weighted by molar-refractivity contribution is 5.69. The first-order valence-corrected chi connectivity index (χ1v) is 8.98. The van der Waals surface area contributed by atoms with Gasteiger partial charge in [0, 0.05) is 40.3 Å². The summed E-state index contributed by atoms with van der Waals surface area (Å²) in [4.78, 5) is 31.2. The summed E-state index contributed by atoms with van der Waals surface area (Å²) in [6.07, 6.45) is 2.65. The minimum Gasteiger partial charge on any atom is -0.497 e. The van der Waals surface area contributed by atoms with Crippen molar-refractivity contribution in [1.82, 2.24) is 23.6 Å². The van der Waals surface area contributed by atoms with E-state index in [-0.39, 0.29) is 11.2 Å². The highest BCUT2D eigenvalue weighted by Crippen LogP contribution is 2.23. The fourth-order valence-corrected chi connectivity index (χ4v) is 3.73. The lowest BCUT2D eigenvalue weighted by atomic mass is 9.99. The number of aromatic nitrogens is 4. The first-order valence-electron chi connectivity index (χ1n) is 8.98. The Bertz CT molecular complexity index is 1120. The molecule has 3 heterocycles. The molecule has 0 spiro atoms. The number of rotatable bonds is 4. The molecule has 2 aromatic heterocycles. The van der Waals surface area contributed by atoms with Gasteiger partial charge in [-0.05, 0) is 29.7 Å². The van der Waals surface area contributed by atoms with E-state index in [1.165, 1.54) is 22.7 Å². The molecule has 0 aliphatic carbocycles. The summed E-state index contributed by atoms with van der Waals surface area (Å²) in [7, 11) is 4.81. The van der Waals surface area contributed by atoms with Crippen molar-refractivity contribution in [2.24, 2.45) is 14.1 Å². The van der Waals surface area contributed by atoms with Gasteiger partial charge >= 0.3 is 5.69 Å². The highest BCUT2D eigenvalue weighted by Gasteiger charge is 2.18. The Kier molecular flexibility index (Phi) is 4.35. The molecule has 8 heteroatoms. The smallest absolute Gasteiger partial charge is 0.332 e. The highest BCUT2D eigenvalue weighted by atomic mass is 16.5. The molecule has 1 aliphatic rings. The molecule has 0 saturated carbocycles. The Morgan fingerprint density at radius 1 is 1.11 bits per heavy atom. The Hall–Kier alpha value is -2.87. The number of fused-ring (bicyclic) bond motifs is 2. The molecule has 0 unspecified atom stereocenters. The topological polar surface area (TPSA) is 74.3 Å². The summed E-state index contributed by atoms with van der Waals surface area (Å²) < 4.78 is 9.72. The molecule has 0 atom stereocenters. The lowest BCUT2D eigenvalue weighted by molar-refractivity contribution is 0.244. The van der Waals surface area contributed by atoms with Crippen LogP contribution in [0.15, 0.2) is 34.1 Å². The fourth-order valence-electron chi connectivity index (χ4n) is 3.73. The predicted molar refractivity (Wildman–Crippen MR) is 102 cm³/mol. The van der Waals surface area contributed by atoms with E-state index < -0.39 is 0 Å². The van der Waals surface area contributed by atoms with E-state index in [9.17, 15) is 9.59 Å². The molecule has 0 saturated heterocycles.